The van der Waals surface area contributed by atoms with Gasteiger partial charge in [-0.1, -0.05) is 6.92 Å². The molecule has 0 radical (unpaired) electrons. The van der Waals surface area contributed by atoms with Gasteiger partial charge < -0.3 is 10.4 Å². The van der Waals surface area contributed by atoms with Crippen molar-refractivity contribution in [1.29, 1.82) is 0 Å². The molecule has 1 rings (SSSR count). The Labute approximate surface area is 99.8 Å². The number of nitrogens with one attached hydrogen (secondary N) is 2. The second-order valence-corrected chi connectivity index (χ2v) is 4.54. The number of carbonyl (C=O) groups is 3. The molecule has 6 heteroatoms. The number of imide groups is 1. The summed E-state index contributed by atoms with van der Waals surface area (Å²) in [7, 11) is 0. The zero-order valence-corrected chi connectivity index (χ0v) is 9.86. The summed E-state index contributed by atoms with van der Waals surface area (Å²) in [4.78, 5) is 32.7. The topological polar surface area (TPSA) is 95.5 Å². The molecule has 0 aromatic heterocycles. The maximum atomic E-state index is 11.3. The van der Waals surface area contributed by atoms with Gasteiger partial charge in [0.25, 0.3) is 0 Å². The molecule has 1 saturated carbocycles. The van der Waals surface area contributed by atoms with Gasteiger partial charge in [-0.05, 0) is 25.2 Å². The Kier molecular flexibility index (Phi) is 4.93. The minimum absolute atomic E-state index is 0.0563. The third kappa shape index (κ3) is 5.33. The standard InChI is InChI=1S/C11H18N2O4/c1-7-5-8(6-7)12-11(17)13-9(14)3-2-4-10(15)16/h7-8H,2-6H2,1H3,(H,15,16)(H2,12,13,14,17). The number of rotatable bonds is 5. The van der Waals surface area contributed by atoms with Crippen LogP contribution in [0.1, 0.15) is 39.0 Å². The Morgan fingerprint density at radius 2 is 1.88 bits per heavy atom. The fourth-order valence-corrected chi connectivity index (χ4v) is 1.83. The van der Waals surface area contributed by atoms with E-state index in [1.54, 1.807) is 0 Å². The first-order valence-electron chi connectivity index (χ1n) is 5.79. The summed E-state index contributed by atoms with van der Waals surface area (Å²) < 4.78 is 0. The van der Waals surface area contributed by atoms with Crippen molar-refractivity contribution >= 4 is 17.9 Å². The lowest BCUT2D eigenvalue weighted by Gasteiger charge is -2.33. The first-order valence-corrected chi connectivity index (χ1v) is 5.79. The lowest BCUT2D eigenvalue weighted by molar-refractivity contribution is -0.137. The van der Waals surface area contributed by atoms with Crippen molar-refractivity contribution in [2.24, 2.45) is 5.92 Å². The molecule has 96 valence electrons. The molecule has 1 aliphatic rings. The number of hydrogen-bond acceptors (Lipinski definition) is 3. The highest BCUT2D eigenvalue weighted by Gasteiger charge is 2.26. The maximum Gasteiger partial charge on any atom is 0.321 e. The van der Waals surface area contributed by atoms with Gasteiger partial charge in [0.2, 0.25) is 5.91 Å². The fraction of sp³-hybridized carbons (Fsp3) is 0.727. The van der Waals surface area contributed by atoms with Gasteiger partial charge in [0, 0.05) is 18.9 Å². The zero-order valence-electron chi connectivity index (χ0n) is 9.86. The Morgan fingerprint density at radius 1 is 1.24 bits per heavy atom. The van der Waals surface area contributed by atoms with Crippen molar-refractivity contribution in [2.45, 2.75) is 45.1 Å². The largest absolute Gasteiger partial charge is 0.481 e. The summed E-state index contributed by atoms with van der Waals surface area (Å²) in [6.45, 7) is 2.10. The smallest absolute Gasteiger partial charge is 0.321 e. The average molecular weight is 242 g/mol. The average Bonchev–Trinajstić information content (AvgIpc) is 2.14. The maximum absolute atomic E-state index is 11.3. The van der Waals surface area contributed by atoms with E-state index in [-0.39, 0.29) is 25.3 Å². The summed E-state index contributed by atoms with van der Waals surface area (Å²) in [6.07, 6.45) is 2.13. The van der Waals surface area contributed by atoms with Gasteiger partial charge in [-0.3, -0.25) is 14.9 Å². The van der Waals surface area contributed by atoms with E-state index in [0.29, 0.717) is 5.92 Å². The molecule has 0 saturated heterocycles. The number of urea groups is 1. The molecule has 3 amide bonds. The quantitative estimate of drug-likeness (QED) is 0.666. The first kappa shape index (κ1) is 13.5. The van der Waals surface area contributed by atoms with Crippen LogP contribution in [0.15, 0.2) is 0 Å². The van der Waals surface area contributed by atoms with Crippen LogP contribution in [0.3, 0.4) is 0 Å². The molecule has 0 aliphatic heterocycles. The summed E-state index contributed by atoms with van der Waals surface area (Å²) in [5.41, 5.74) is 0. The highest BCUT2D eigenvalue weighted by atomic mass is 16.4. The highest BCUT2D eigenvalue weighted by Crippen LogP contribution is 2.25. The Balaban J connectivity index is 2.09. The molecule has 0 spiro atoms. The second kappa shape index (κ2) is 6.22. The highest BCUT2D eigenvalue weighted by molar-refractivity contribution is 5.94. The lowest BCUT2D eigenvalue weighted by atomic mass is 9.82. The molecule has 0 heterocycles. The Hall–Kier alpha value is -1.59. The number of carboxylic acid groups (broad SMARTS) is 1. The molecule has 0 aromatic rings. The van der Waals surface area contributed by atoms with E-state index in [1.165, 1.54) is 0 Å². The van der Waals surface area contributed by atoms with Crippen LogP contribution in [0.25, 0.3) is 0 Å². The lowest BCUT2D eigenvalue weighted by Crippen LogP contribution is -2.49. The predicted octanol–water partition coefficient (Wildman–Crippen LogP) is 0.866. The van der Waals surface area contributed by atoms with Gasteiger partial charge in [0.15, 0.2) is 0 Å². The van der Waals surface area contributed by atoms with Crippen molar-refractivity contribution in [3.8, 4) is 0 Å². The Bertz CT molecular complexity index is 311. The van der Waals surface area contributed by atoms with Crippen molar-refractivity contribution in [2.75, 3.05) is 0 Å². The van der Waals surface area contributed by atoms with Gasteiger partial charge in [0.05, 0.1) is 0 Å². The number of hydrogen-bond donors (Lipinski definition) is 3. The summed E-state index contributed by atoms with van der Waals surface area (Å²) in [5, 5.41) is 13.3. The van der Waals surface area contributed by atoms with E-state index in [9.17, 15) is 14.4 Å². The van der Waals surface area contributed by atoms with Crippen LogP contribution < -0.4 is 10.6 Å². The van der Waals surface area contributed by atoms with Crippen LogP contribution in [0.5, 0.6) is 0 Å². The van der Waals surface area contributed by atoms with E-state index in [2.05, 4.69) is 17.6 Å². The van der Waals surface area contributed by atoms with E-state index >= 15 is 0 Å². The van der Waals surface area contributed by atoms with Crippen LogP contribution in [-0.2, 0) is 9.59 Å². The third-order valence-corrected chi connectivity index (χ3v) is 2.76. The van der Waals surface area contributed by atoms with Crippen molar-refractivity contribution in [3.05, 3.63) is 0 Å². The molecule has 0 aromatic carbocycles. The second-order valence-electron chi connectivity index (χ2n) is 4.54. The molecular weight excluding hydrogens is 224 g/mol. The van der Waals surface area contributed by atoms with Gasteiger partial charge in [-0.2, -0.15) is 0 Å². The minimum Gasteiger partial charge on any atom is -0.481 e. The molecule has 1 aliphatic carbocycles. The molecule has 0 bridgehead atoms. The van der Waals surface area contributed by atoms with Gasteiger partial charge in [0.1, 0.15) is 0 Å². The van der Waals surface area contributed by atoms with Crippen molar-refractivity contribution in [1.82, 2.24) is 10.6 Å². The third-order valence-electron chi connectivity index (χ3n) is 2.76. The van der Waals surface area contributed by atoms with Crippen molar-refractivity contribution < 1.29 is 19.5 Å². The fourth-order valence-electron chi connectivity index (χ4n) is 1.83. The number of amides is 3. The summed E-state index contributed by atoms with van der Waals surface area (Å²) in [5.74, 6) is -0.742. The van der Waals surface area contributed by atoms with Crippen molar-refractivity contribution in [3.63, 3.8) is 0 Å². The Morgan fingerprint density at radius 3 is 2.41 bits per heavy atom. The van der Waals surface area contributed by atoms with E-state index in [0.717, 1.165) is 12.8 Å². The van der Waals surface area contributed by atoms with Gasteiger partial charge >= 0.3 is 12.0 Å². The van der Waals surface area contributed by atoms with E-state index in [1.807, 2.05) is 0 Å². The SMILES string of the molecule is CC1CC(NC(=O)NC(=O)CCCC(=O)O)C1. The summed E-state index contributed by atoms with van der Waals surface area (Å²) >= 11 is 0. The number of carboxylic acids is 1. The van der Waals surface area contributed by atoms with E-state index in [4.69, 9.17) is 5.11 Å². The van der Waals surface area contributed by atoms with Gasteiger partial charge in [-0.25, -0.2) is 4.79 Å². The summed E-state index contributed by atoms with van der Waals surface area (Å²) in [6, 6.07) is -0.320. The van der Waals surface area contributed by atoms with Crippen LogP contribution >= 0.6 is 0 Å². The van der Waals surface area contributed by atoms with Crippen LogP contribution in [-0.4, -0.2) is 29.1 Å². The van der Waals surface area contributed by atoms with Crippen LogP contribution in [0.2, 0.25) is 0 Å². The van der Waals surface area contributed by atoms with Gasteiger partial charge in [-0.15, -0.1) is 0 Å². The van der Waals surface area contributed by atoms with Crippen LogP contribution in [0, 0.1) is 5.92 Å². The molecule has 1 fully saturated rings. The number of carbonyl (C=O) groups excluding carboxylic acids is 2. The monoisotopic (exact) mass is 242 g/mol. The first-order chi connectivity index (χ1) is 7.97. The molecule has 3 N–H and O–H groups in total. The number of aliphatic carboxylic acids is 1. The molecule has 0 unspecified atom stereocenters. The molecule has 6 nitrogen and oxygen atoms in total. The zero-order chi connectivity index (χ0) is 12.8. The minimum atomic E-state index is -0.939. The normalized spacial score (nSPS) is 22.4. The molecule has 17 heavy (non-hydrogen) atoms. The van der Waals surface area contributed by atoms with Crippen LogP contribution in [0.4, 0.5) is 4.79 Å². The van der Waals surface area contributed by atoms with E-state index < -0.39 is 17.9 Å². The molecule has 0 atom stereocenters. The molecular formula is C11H18N2O4. The predicted molar refractivity (Wildman–Crippen MR) is 60.3 cm³/mol.